The number of carbonyl (C=O) groups is 2. The SMILES string of the molecule is CNC(=O)CN(C)C(=O)COc1ccc(-c2ccc(Br)cc2)cc1. The third-order valence-corrected chi connectivity index (χ3v) is 4.01. The standard InChI is InChI=1S/C18H19BrN2O3/c1-20-17(22)11-21(2)18(23)12-24-16-9-5-14(6-10-16)13-3-7-15(19)8-4-13/h3-10H,11-12H2,1-2H3,(H,20,22). The van der Waals surface area contributed by atoms with E-state index in [1.165, 1.54) is 11.9 Å². The van der Waals surface area contributed by atoms with Crippen LogP contribution in [0.25, 0.3) is 11.1 Å². The predicted octanol–water partition coefficient (Wildman–Crippen LogP) is 2.70. The molecule has 0 aliphatic rings. The topological polar surface area (TPSA) is 58.6 Å². The first-order valence-corrected chi connectivity index (χ1v) is 8.22. The van der Waals surface area contributed by atoms with E-state index < -0.39 is 0 Å². The Bertz CT molecular complexity index is 699. The molecule has 2 aromatic rings. The zero-order valence-corrected chi connectivity index (χ0v) is 15.2. The van der Waals surface area contributed by atoms with Gasteiger partial charge in [0.2, 0.25) is 5.91 Å². The Morgan fingerprint density at radius 3 is 2.12 bits per heavy atom. The number of nitrogens with zero attached hydrogens (tertiary/aromatic N) is 1. The molecule has 0 saturated carbocycles. The second kappa shape index (κ2) is 8.49. The van der Waals surface area contributed by atoms with E-state index in [0.717, 1.165) is 15.6 Å². The predicted molar refractivity (Wildman–Crippen MR) is 96.8 cm³/mol. The molecule has 2 aromatic carbocycles. The van der Waals surface area contributed by atoms with Crippen LogP contribution in [0.1, 0.15) is 0 Å². The van der Waals surface area contributed by atoms with E-state index in [1.54, 1.807) is 7.05 Å². The molecule has 0 bridgehead atoms. The van der Waals surface area contributed by atoms with Crippen LogP contribution in [-0.4, -0.2) is 44.0 Å². The average Bonchev–Trinajstić information content (AvgIpc) is 2.60. The van der Waals surface area contributed by atoms with Gasteiger partial charge >= 0.3 is 0 Å². The van der Waals surface area contributed by atoms with Crippen LogP contribution in [0.4, 0.5) is 0 Å². The van der Waals surface area contributed by atoms with Crippen LogP contribution in [0.3, 0.4) is 0 Å². The molecule has 0 radical (unpaired) electrons. The van der Waals surface area contributed by atoms with Gasteiger partial charge in [-0.05, 0) is 35.4 Å². The van der Waals surface area contributed by atoms with Gasteiger partial charge in [-0.1, -0.05) is 40.2 Å². The monoisotopic (exact) mass is 390 g/mol. The summed E-state index contributed by atoms with van der Waals surface area (Å²) in [4.78, 5) is 24.5. The van der Waals surface area contributed by atoms with Gasteiger partial charge in [0, 0.05) is 18.6 Å². The normalized spacial score (nSPS) is 10.1. The average molecular weight is 391 g/mol. The maximum absolute atomic E-state index is 11.9. The van der Waals surface area contributed by atoms with Crippen LogP contribution in [0.2, 0.25) is 0 Å². The Balaban J connectivity index is 1.91. The molecule has 0 atom stereocenters. The molecule has 0 aliphatic heterocycles. The molecule has 1 N–H and O–H groups in total. The fourth-order valence-electron chi connectivity index (χ4n) is 2.02. The minimum absolute atomic E-state index is 0.0151. The van der Waals surface area contributed by atoms with Crippen molar-refractivity contribution in [2.75, 3.05) is 27.2 Å². The number of ether oxygens (including phenoxy) is 1. The molecule has 0 aliphatic carbocycles. The van der Waals surface area contributed by atoms with Gasteiger partial charge in [-0.15, -0.1) is 0 Å². The van der Waals surface area contributed by atoms with Gasteiger partial charge in [0.15, 0.2) is 6.61 Å². The quantitative estimate of drug-likeness (QED) is 0.824. The third-order valence-electron chi connectivity index (χ3n) is 3.48. The fourth-order valence-corrected chi connectivity index (χ4v) is 2.29. The number of benzene rings is 2. The van der Waals surface area contributed by atoms with Gasteiger partial charge in [0.05, 0.1) is 6.54 Å². The molecule has 2 rings (SSSR count). The van der Waals surface area contributed by atoms with Crippen LogP contribution in [0.5, 0.6) is 5.75 Å². The van der Waals surface area contributed by atoms with Crippen molar-refractivity contribution in [3.8, 4) is 16.9 Å². The van der Waals surface area contributed by atoms with E-state index >= 15 is 0 Å². The smallest absolute Gasteiger partial charge is 0.260 e. The van der Waals surface area contributed by atoms with Crippen molar-refractivity contribution in [1.82, 2.24) is 10.2 Å². The lowest BCUT2D eigenvalue weighted by Gasteiger charge is -2.16. The molecular weight excluding hydrogens is 372 g/mol. The lowest BCUT2D eigenvalue weighted by atomic mass is 10.1. The molecule has 126 valence electrons. The summed E-state index contributed by atoms with van der Waals surface area (Å²) in [5, 5.41) is 2.47. The molecule has 6 heteroatoms. The number of likely N-dealkylation sites (N-methyl/N-ethyl adjacent to an activating group) is 2. The van der Waals surface area contributed by atoms with Gasteiger partial charge in [0.25, 0.3) is 5.91 Å². The van der Waals surface area contributed by atoms with E-state index in [1.807, 2.05) is 48.5 Å². The van der Waals surface area contributed by atoms with Gasteiger partial charge in [-0.25, -0.2) is 0 Å². The summed E-state index contributed by atoms with van der Waals surface area (Å²) in [5.41, 5.74) is 2.17. The first kappa shape index (κ1) is 18.0. The maximum atomic E-state index is 11.9. The molecular formula is C18H19BrN2O3. The second-order valence-corrected chi connectivity index (χ2v) is 6.16. The highest BCUT2D eigenvalue weighted by atomic mass is 79.9. The van der Waals surface area contributed by atoms with Crippen molar-refractivity contribution >= 4 is 27.7 Å². The van der Waals surface area contributed by atoms with Crippen molar-refractivity contribution in [1.29, 1.82) is 0 Å². The van der Waals surface area contributed by atoms with Crippen molar-refractivity contribution in [2.24, 2.45) is 0 Å². The maximum Gasteiger partial charge on any atom is 0.260 e. The largest absolute Gasteiger partial charge is 0.484 e. The summed E-state index contributed by atoms with van der Waals surface area (Å²) in [6, 6.07) is 15.6. The summed E-state index contributed by atoms with van der Waals surface area (Å²) in [7, 11) is 3.10. The first-order chi connectivity index (χ1) is 11.5. The third kappa shape index (κ3) is 5.09. The highest BCUT2D eigenvalue weighted by Crippen LogP contribution is 2.24. The number of nitrogens with one attached hydrogen (secondary N) is 1. The number of amides is 2. The molecule has 0 aromatic heterocycles. The zero-order valence-electron chi connectivity index (χ0n) is 13.6. The van der Waals surface area contributed by atoms with Crippen molar-refractivity contribution in [3.63, 3.8) is 0 Å². The summed E-state index contributed by atoms with van der Waals surface area (Å²) < 4.78 is 6.52. The van der Waals surface area contributed by atoms with E-state index in [-0.39, 0.29) is 25.0 Å². The lowest BCUT2D eigenvalue weighted by Crippen LogP contribution is -2.39. The van der Waals surface area contributed by atoms with Gasteiger partial charge in [-0.2, -0.15) is 0 Å². The minimum atomic E-state index is -0.254. The summed E-state index contributed by atoms with van der Waals surface area (Å²) in [5.74, 6) is 0.137. The molecule has 0 heterocycles. The minimum Gasteiger partial charge on any atom is -0.484 e. The van der Waals surface area contributed by atoms with Crippen LogP contribution in [0.15, 0.2) is 53.0 Å². The first-order valence-electron chi connectivity index (χ1n) is 7.43. The number of hydrogen-bond donors (Lipinski definition) is 1. The Morgan fingerprint density at radius 1 is 1.04 bits per heavy atom. The Hall–Kier alpha value is -2.34. The second-order valence-electron chi connectivity index (χ2n) is 5.24. The van der Waals surface area contributed by atoms with Crippen LogP contribution in [-0.2, 0) is 9.59 Å². The van der Waals surface area contributed by atoms with Gasteiger partial charge in [-0.3, -0.25) is 9.59 Å². The highest BCUT2D eigenvalue weighted by Gasteiger charge is 2.12. The van der Waals surface area contributed by atoms with Crippen LogP contribution < -0.4 is 10.1 Å². The van der Waals surface area contributed by atoms with E-state index in [2.05, 4.69) is 21.2 Å². The highest BCUT2D eigenvalue weighted by molar-refractivity contribution is 9.10. The van der Waals surface area contributed by atoms with Crippen molar-refractivity contribution in [3.05, 3.63) is 53.0 Å². The number of halogens is 1. The van der Waals surface area contributed by atoms with Gasteiger partial charge < -0.3 is 15.0 Å². The molecule has 0 spiro atoms. The summed E-state index contributed by atoms with van der Waals surface area (Å²) in [6.07, 6.45) is 0. The number of carbonyl (C=O) groups excluding carboxylic acids is 2. The number of rotatable bonds is 6. The molecule has 24 heavy (non-hydrogen) atoms. The fraction of sp³-hybridized carbons (Fsp3) is 0.222. The zero-order chi connectivity index (χ0) is 17.5. The molecule has 0 saturated heterocycles. The Morgan fingerprint density at radius 2 is 1.58 bits per heavy atom. The summed E-state index contributed by atoms with van der Waals surface area (Å²) >= 11 is 3.41. The lowest BCUT2D eigenvalue weighted by molar-refractivity contribution is -0.136. The Labute approximate surface area is 149 Å². The van der Waals surface area contributed by atoms with Gasteiger partial charge in [0.1, 0.15) is 5.75 Å². The van der Waals surface area contributed by atoms with Crippen LogP contribution >= 0.6 is 15.9 Å². The summed E-state index contributed by atoms with van der Waals surface area (Å²) in [6.45, 7) is -0.0909. The molecule has 2 amide bonds. The number of hydrogen-bond acceptors (Lipinski definition) is 3. The van der Waals surface area contributed by atoms with E-state index in [9.17, 15) is 9.59 Å². The van der Waals surface area contributed by atoms with Crippen molar-refractivity contribution in [2.45, 2.75) is 0 Å². The molecule has 0 fully saturated rings. The molecule has 0 unspecified atom stereocenters. The van der Waals surface area contributed by atoms with Crippen LogP contribution in [0, 0.1) is 0 Å². The molecule has 5 nitrogen and oxygen atoms in total. The van der Waals surface area contributed by atoms with E-state index in [4.69, 9.17) is 4.74 Å². The Kier molecular flexibility index (Phi) is 6.37. The van der Waals surface area contributed by atoms with E-state index in [0.29, 0.717) is 5.75 Å². The van der Waals surface area contributed by atoms with Crippen molar-refractivity contribution < 1.29 is 14.3 Å².